The van der Waals surface area contributed by atoms with Gasteiger partial charge in [0, 0.05) is 0 Å². The molecular formula is C10H10O. The van der Waals surface area contributed by atoms with Gasteiger partial charge in [-0.1, -0.05) is 35.7 Å². The van der Waals surface area contributed by atoms with Crippen LogP contribution in [0.3, 0.4) is 0 Å². The lowest BCUT2D eigenvalue weighted by Crippen LogP contribution is -1.92. The van der Waals surface area contributed by atoms with Gasteiger partial charge in [-0.3, -0.25) is 0 Å². The number of benzene rings is 1. The zero-order chi connectivity index (χ0) is 8.27. The maximum atomic E-state index is 9.18. The molecule has 0 aliphatic heterocycles. The average molecular weight is 146 g/mol. The molecule has 0 amide bonds. The van der Waals surface area contributed by atoms with E-state index in [9.17, 15) is 5.11 Å². The SMILES string of the molecule is C#CC(O)c1ccc(C)cc1. The lowest BCUT2D eigenvalue weighted by atomic mass is 10.1. The fourth-order valence-electron chi connectivity index (χ4n) is 0.845. The molecule has 1 unspecified atom stereocenters. The highest BCUT2D eigenvalue weighted by atomic mass is 16.3. The number of hydrogen-bond acceptors (Lipinski definition) is 1. The normalized spacial score (nSPS) is 12.1. The minimum Gasteiger partial charge on any atom is -0.376 e. The van der Waals surface area contributed by atoms with Gasteiger partial charge in [0.05, 0.1) is 0 Å². The molecule has 1 aromatic carbocycles. The molecule has 0 saturated heterocycles. The van der Waals surface area contributed by atoms with E-state index in [0.717, 1.165) is 11.1 Å². The van der Waals surface area contributed by atoms with Crippen molar-refractivity contribution in [3.8, 4) is 12.3 Å². The summed E-state index contributed by atoms with van der Waals surface area (Å²) in [6.07, 6.45) is 4.27. The molecule has 0 fully saturated rings. The van der Waals surface area contributed by atoms with Gasteiger partial charge in [-0.25, -0.2) is 0 Å². The van der Waals surface area contributed by atoms with Crippen LogP contribution in [0.1, 0.15) is 17.2 Å². The number of hydrogen-bond donors (Lipinski definition) is 1. The van der Waals surface area contributed by atoms with Crippen molar-refractivity contribution >= 4 is 0 Å². The van der Waals surface area contributed by atoms with Crippen molar-refractivity contribution in [2.75, 3.05) is 0 Å². The van der Waals surface area contributed by atoms with Crippen LogP contribution in [0.4, 0.5) is 0 Å². The van der Waals surface area contributed by atoms with E-state index in [4.69, 9.17) is 6.42 Å². The van der Waals surface area contributed by atoms with Gasteiger partial charge in [-0.2, -0.15) is 0 Å². The monoisotopic (exact) mass is 146 g/mol. The predicted molar refractivity (Wildman–Crippen MR) is 45.0 cm³/mol. The summed E-state index contributed by atoms with van der Waals surface area (Å²) < 4.78 is 0. The standard InChI is InChI=1S/C10H10O/c1-3-10(11)9-6-4-8(2)5-7-9/h1,4-7,10-11H,2H3. The first-order chi connectivity index (χ1) is 5.24. The molecule has 11 heavy (non-hydrogen) atoms. The summed E-state index contributed by atoms with van der Waals surface area (Å²) in [6.45, 7) is 1.99. The quantitative estimate of drug-likeness (QED) is 0.597. The van der Waals surface area contributed by atoms with E-state index < -0.39 is 6.10 Å². The molecule has 0 bridgehead atoms. The lowest BCUT2D eigenvalue weighted by Gasteiger charge is -2.02. The molecule has 1 nitrogen and oxygen atoms in total. The summed E-state index contributed by atoms with van der Waals surface area (Å²) in [6, 6.07) is 7.52. The maximum Gasteiger partial charge on any atom is 0.139 e. The van der Waals surface area contributed by atoms with Crippen LogP contribution in [0.2, 0.25) is 0 Å². The Morgan fingerprint density at radius 2 is 1.91 bits per heavy atom. The molecule has 1 aromatic rings. The van der Waals surface area contributed by atoms with Gasteiger partial charge in [0.15, 0.2) is 0 Å². The Kier molecular flexibility index (Phi) is 2.30. The van der Waals surface area contributed by atoms with Crippen LogP contribution in [-0.4, -0.2) is 5.11 Å². The van der Waals surface area contributed by atoms with Crippen molar-refractivity contribution in [2.45, 2.75) is 13.0 Å². The Balaban J connectivity index is 2.92. The highest BCUT2D eigenvalue weighted by molar-refractivity contribution is 5.26. The molecule has 0 heterocycles. The highest BCUT2D eigenvalue weighted by Crippen LogP contribution is 2.11. The smallest absolute Gasteiger partial charge is 0.139 e. The molecule has 0 aromatic heterocycles. The van der Waals surface area contributed by atoms with E-state index in [-0.39, 0.29) is 0 Å². The molecule has 0 spiro atoms. The van der Waals surface area contributed by atoms with Gasteiger partial charge >= 0.3 is 0 Å². The molecule has 1 rings (SSSR count). The number of aliphatic hydroxyl groups excluding tert-OH is 1. The summed E-state index contributed by atoms with van der Waals surface area (Å²) in [5, 5.41) is 9.18. The minimum atomic E-state index is -0.768. The molecule has 1 N–H and O–H groups in total. The molecule has 1 atom stereocenters. The Hall–Kier alpha value is -1.26. The van der Waals surface area contributed by atoms with Gasteiger partial charge in [-0.05, 0) is 12.5 Å². The average Bonchev–Trinajstić information content (AvgIpc) is 2.05. The van der Waals surface area contributed by atoms with Crippen molar-refractivity contribution in [2.24, 2.45) is 0 Å². The van der Waals surface area contributed by atoms with Gasteiger partial charge in [0.25, 0.3) is 0 Å². The van der Waals surface area contributed by atoms with E-state index in [1.54, 1.807) is 0 Å². The molecule has 0 saturated carbocycles. The Bertz CT molecular complexity index is 266. The van der Waals surface area contributed by atoms with Crippen LogP contribution in [0.25, 0.3) is 0 Å². The van der Waals surface area contributed by atoms with E-state index in [1.165, 1.54) is 0 Å². The first-order valence-electron chi connectivity index (χ1n) is 3.45. The van der Waals surface area contributed by atoms with Crippen molar-refractivity contribution in [3.63, 3.8) is 0 Å². The first kappa shape index (κ1) is 7.84. The second-order valence-electron chi connectivity index (χ2n) is 2.48. The van der Waals surface area contributed by atoms with Crippen LogP contribution >= 0.6 is 0 Å². The summed E-state index contributed by atoms with van der Waals surface area (Å²) in [7, 11) is 0. The molecule has 0 aliphatic carbocycles. The van der Waals surface area contributed by atoms with Crippen molar-refractivity contribution < 1.29 is 5.11 Å². The van der Waals surface area contributed by atoms with Crippen LogP contribution in [0.15, 0.2) is 24.3 Å². The van der Waals surface area contributed by atoms with Crippen LogP contribution in [-0.2, 0) is 0 Å². The molecule has 56 valence electrons. The second-order valence-corrected chi connectivity index (χ2v) is 2.48. The zero-order valence-corrected chi connectivity index (χ0v) is 6.41. The van der Waals surface area contributed by atoms with Gasteiger partial charge in [-0.15, -0.1) is 6.42 Å². The molecule has 0 radical (unpaired) electrons. The first-order valence-corrected chi connectivity index (χ1v) is 3.45. The van der Waals surface area contributed by atoms with E-state index in [1.807, 2.05) is 31.2 Å². The Labute approximate surface area is 66.7 Å². The number of rotatable bonds is 1. The second kappa shape index (κ2) is 3.23. The van der Waals surface area contributed by atoms with Crippen LogP contribution in [0, 0.1) is 19.3 Å². The van der Waals surface area contributed by atoms with Gasteiger partial charge in [0.2, 0.25) is 0 Å². The van der Waals surface area contributed by atoms with E-state index in [0.29, 0.717) is 0 Å². The summed E-state index contributed by atoms with van der Waals surface area (Å²) in [4.78, 5) is 0. The third-order valence-electron chi connectivity index (χ3n) is 1.55. The lowest BCUT2D eigenvalue weighted by molar-refractivity contribution is 0.238. The fraction of sp³-hybridized carbons (Fsp3) is 0.200. The number of terminal acetylenes is 1. The topological polar surface area (TPSA) is 20.2 Å². The van der Waals surface area contributed by atoms with Crippen molar-refractivity contribution in [3.05, 3.63) is 35.4 Å². The fourth-order valence-corrected chi connectivity index (χ4v) is 0.845. The highest BCUT2D eigenvalue weighted by Gasteiger charge is 2.00. The van der Waals surface area contributed by atoms with Crippen molar-refractivity contribution in [1.82, 2.24) is 0 Å². The zero-order valence-electron chi connectivity index (χ0n) is 6.41. The summed E-state index contributed by atoms with van der Waals surface area (Å²) >= 11 is 0. The largest absolute Gasteiger partial charge is 0.376 e. The van der Waals surface area contributed by atoms with Gasteiger partial charge < -0.3 is 5.11 Å². The van der Waals surface area contributed by atoms with E-state index in [2.05, 4.69) is 5.92 Å². The van der Waals surface area contributed by atoms with Crippen LogP contribution < -0.4 is 0 Å². The summed E-state index contributed by atoms with van der Waals surface area (Å²) in [5.41, 5.74) is 1.94. The molecular weight excluding hydrogens is 136 g/mol. The Morgan fingerprint density at radius 1 is 1.36 bits per heavy atom. The number of aliphatic hydroxyl groups is 1. The Morgan fingerprint density at radius 3 is 2.36 bits per heavy atom. The predicted octanol–water partition coefficient (Wildman–Crippen LogP) is 1.66. The molecule has 1 heteroatoms. The van der Waals surface area contributed by atoms with Gasteiger partial charge in [0.1, 0.15) is 6.10 Å². The van der Waals surface area contributed by atoms with E-state index >= 15 is 0 Å². The third-order valence-corrected chi connectivity index (χ3v) is 1.55. The number of aryl methyl sites for hydroxylation is 1. The molecule has 0 aliphatic rings. The maximum absolute atomic E-state index is 9.18. The minimum absolute atomic E-state index is 0.768. The van der Waals surface area contributed by atoms with Crippen LogP contribution in [0.5, 0.6) is 0 Å². The third kappa shape index (κ3) is 1.83. The summed E-state index contributed by atoms with van der Waals surface area (Å²) in [5.74, 6) is 2.26. The van der Waals surface area contributed by atoms with Crippen molar-refractivity contribution in [1.29, 1.82) is 0 Å².